The molecule has 2 aromatic carbocycles. The van der Waals surface area contributed by atoms with Gasteiger partial charge < -0.3 is 4.42 Å². The Bertz CT molecular complexity index is 1310. The lowest BCUT2D eigenvalue weighted by molar-refractivity contribution is 0.0962. The predicted octanol–water partition coefficient (Wildman–Crippen LogP) is 3.04. The van der Waals surface area contributed by atoms with Gasteiger partial charge in [-0.05, 0) is 24.3 Å². The molecule has 138 valence electrons. The van der Waals surface area contributed by atoms with Gasteiger partial charge >= 0.3 is 5.63 Å². The first kappa shape index (κ1) is 17.5. The average Bonchev–Trinajstić information content (AvgIpc) is 2.69. The maximum Gasteiger partial charge on any atom is 0.347 e. The second-order valence-corrected chi connectivity index (χ2v) is 6.13. The van der Waals surface area contributed by atoms with Gasteiger partial charge in [0.15, 0.2) is 5.78 Å². The number of nitrogens with zero attached hydrogens (tertiary/aromatic N) is 2. The van der Waals surface area contributed by atoms with Crippen LogP contribution in [0.15, 0.2) is 80.7 Å². The summed E-state index contributed by atoms with van der Waals surface area (Å²) in [6.07, 6.45) is 0. The van der Waals surface area contributed by atoms with E-state index in [2.05, 4.69) is 5.10 Å². The van der Waals surface area contributed by atoms with Crippen LogP contribution in [0.25, 0.3) is 22.2 Å². The van der Waals surface area contributed by atoms with E-state index in [9.17, 15) is 18.8 Å². The molecule has 0 aliphatic heterocycles. The molecule has 0 amide bonds. The lowest BCUT2D eigenvalue weighted by atomic mass is 10.1. The van der Waals surface area contributed by atoms with E-state index in [0.29, 0.717) is 11.1 Å². The molecular formula is C21H13FN2O4. The minimum atomic E-state index is -0.893. The van der Waals surface area contributed by atoms with Gasteiger partial charge in [-0.3, -0.25) is 9.59 Å². The van der Waals surface area contributed by atoms with Crippen molar-refractivity contribution in [2.45, 2.75) is 6.54 Å². The molecule has 2 heterocycles. The lowest BCUT2D eigenvalue weighted by Crippen LogP contribution is -2.28. The first-order chi connectivity index (χ1) is 13.5. The summed E-state index contributed by atoms with van der Waals surface area (Å²) < 4.78 is 19.3. The van der Waals surface area contributed by atoms with Crippen LogP contribution in [0.1, 0.15) is 10.4 Å². The molecule has 0 aliphatic rings. The van der Waals surface area contributed by atoms with Crippen LogP contribution in [0, 0.1) is 5.82 Å². The van der Waals surface area contributed by atoms with E-state index in [1.54, 1.807) is 6.07 Å². The minimum absolute atomic E-state index is 0.0444. The van der Waals surface area contributed by atoms with Gasteiger partial charge in [-0.25, -0.2) is 13.9 Å². The summed E-state index contributed by atoms with van der Waals surface area (Å²) in [4.78, 5) is 36.9. The molecule has 0 saturated heterocycles. The first-order valence-corrected chi connectivity index (χ1v) is 8.41. The number of ketones is 1. The number of halogens is 1. The van der Waals surface area contributed by atoms with Crippen LogP contribution in [0.4, 0.5) is 4.39 Å². The lowest BCUT2D eigenvalue weighted by Gasteiger charge is -2.07. The third-order valence-corrected chi connectivity index (χ3v) is 4.23. The molecule has 0 unspecified atom stereocenters. The van der Waals surface area contributed by atoms with Crippen molar-refractivity contribution >= 4 is 16.8 Å². The second-order valence-electron chi connectivity index (χ2n) is 6.13. The number of Topliss-reactive ketones (excluding diaryl/α,β-unsaturated/α-hetero) is 1. The van der Waals surface area contributed by atoms with Gasteiger partial charge in [0, 0.05) is 23.1 Å². The zero-order valence-corrected chi connectivity index (χ0v) is 14.5. The Morgan fingerprint density at radius 1 is 1.00 bits per heavy atom. The van der Waals surface area contributed by atoms with Crippen LogP contribution in [-0.4, -0.2) is 15.6 Å². The number of aromatic nitrogens is 2. The fraction of sp³-hybridized carbons (Fsp3) is 0.0476. The van der Waals surface area contributed by atoms with Crippen molar-refractivity contribution in [2.24, 2.45) is 0 Å². The van der Waals surface area contributed by atoms with E-state index < -0.39 is 29.3 Å². The van der Waals surface area contributed by atoms with Gasteiger partial charge in [0.25, 0.3) is 5.56 Å². The van der Waals surface area contributed by atoms with E-state index in [-0.39, 0.29) is 11.1 Å². The van der Waals surface area contributed by atoms with Crippen LogP contribution in [0.2, 0.25) is 0 Å². The molecule has 0 spiro atoms. The summed E-state index contributed by atoms with van der Waals surface area (Å²) in [5.74, 6) is -1.18. The smallest absolute Gasteiger partial charge is 0.347 e. The van der Waals surface area contributed by atoms with E-state index in [1.807, 2.05) is 30.3 Å². The standard InChI is InChI=1S/C21H13FN2O4/c22-15-7-6-14-10-16(21(27)28-19(14)11-15)18(25)12-24-20(26)9-8-17(23-24)13-4-2-1-3-5-13/h1-11H,12H2. The number of rotatable bonds is 4. The highest BCUT2D eigenvalue weighted by Gasteiger charge is 2.16. The maximum atomic E-state index is 13.3. The van der Waals surface area contributed by atoms with Gasteiger partial charge in [-0.2, -0.15) is 5.10 Å². The van der Waals surface area contributed by atoms with Gasteiger partial charge in [-0.15, -0.1) is 0 Å². The van der Waals surface area contributed by atoms with Crippen LogP contribution >= 0.6 is 0 Å². The van der Waals surface area contributed by atoms with Crippen molar-refractivity contribution < 1.29 is 13.6 Å². The number of carbonyl (C=O) groups is 1. The number of carbonyl (C=O) groups excluding carboxylic acids is 1. The zero-order valence-electron chi connectivity index (χ0n) is 14.5. The molecule has 0 aliphatic carbocycles. The molecule has 0 radical (unpaired) electrons. The van der Waals surface area contributed by atoms with E-state index in [1.165, 1.54) is 24.3 Å². The first-order valence-electron chi connectivity index (χ1n) is 8.41. The number of hydrogen-bond acceptors (Lipinski definition) is 5. The van der Waals surface area contributed by atoms with Crippen molar-refractivity contribution in [3.63, 3.8) is 0 Å². The van der Waals surface area contributed by atoms with Gasteiger partial charge in [0.1, 0.15) is 23.5 Å². The SMILES string of the molecule is O=C(Cn1nc(-c2ccccc2)ccc1=O)c1cc2ccc(F)cc2oc1=O. The van der Waals surface area contributed by atoms with Gasteiger partial charge in [0.05, 0.1) is 5.69 Å². The van der Waals surface area contributed by atoms with Crippen molar-refractivity contribution in [2.75, 3.05) is 0 Å². The second kappa shape index (κ2) is 7.03. The Morgan fingerprint density at radius 2 is 1.79 bits per heavy atom. The molecule has 2 aromatic heterocycles. The highest BCUT2D eigenvalue weighted by atomic mass is 19.1. The Labute approximate surface area is 157 Å². The van der Waals surface area contributed by atoms with Gasteiger partial charge in [-0.1, -0.05) is 30.3 Å². The van der Waals surface area contributed by atoms with Crippen molar-refractivity contribution in [1.29, 1.82) is 0 Å². The van der Waals surface area contributed by atoms with Crippen LogP contribution in [-0.2, 0) is 6.54 Å². The zero-order chi connectivity index (χ0) is 19.7. The molecule has 0 bridgehead atoms. The number of benzene rings is 2. The van der Waals surface area contributed by atoms with E-state index >= 15 is 0 Å². The van der Waals surface area contributed by atoms with Crippen molar-refractivity contribution in [1.82, 2.24) is 9.78 Å². The molecular weight excluding hydrogens is 363 g/mol. The molecule has 0 atom stereocenters. The normalized spacial score (nSPS) is 10.9. The molecule has 0 fully saturated rings. The number of hydrogen-bond donors (Lipinski definition) is 0. The summed E-state index contributed by atoms with van der Waals surface area (Å²) in [6, 6.07) is 17.1. The third kappa shape index (κ3) is 3.37. The maximum absolute atomic E-state index is 13.3. The molecule has 0 N–H and O–H groups in total. The molecule has 0 saturated carbocycles. The van der Waals surface area contributed by atoms with E-state index in [4.69, 9.17) is 4.42 Å². The quantitative estimate of drug-likeness (QED) is 0.404. The van der Waals surface area contributed by atoms with Crippen molar-refractivity contribution in [3.8, 4) is 11.3 Å². The fourth-order valence-electron chi connectivity index (χ4n) is 2.83. The summed E-state index contributed by atoms with van der Waals surface area (Å²) in [5.41, 5.74) is -0.235. The minimum Gasteiger partial charge on any atom is -0.422 e. The average molecular weight is 376 g/mol. The van der Waals surface area contributed by atoms with Crippen molar-refractivity contribution in [3.05, 3.63) is 98.9 Å². The van der Waals surface area contributed by atoms with Gasteiger partial charge in [0.2, 0.25) is 0 Å². The third-order valence-electron chi connectivity index (χ3n) is 4.23. The predicted molar refractivity (Wildman–Crippen MR) is 101 cm³/mol. The Hall–Kier alpha value is -3.87. The largest absolute Gasteiger partial charge is 0.422 e. The van der Waals surface area contributed by atoms with Crippen LogP contribution in [0.3, 0.4) is 0 Å². The Kier molecular flexibility index (Phi) is 4.41. The monoisotopic (exact) mass is 376 g/mol. The Morgan fingerprint density at radius 3 is 2.57 bits per heavy atom. The highest BCUT2D eigenvalue weighted by Crippen LogP contribution is 2.16. The Balaban J connectivity index is 1.70. The highest BCUT2D eigenvalue weighted by molar-refractivity contribution is 5.98. The molecule has 28 heavy (non-hydrogen) atoms. The summed E-state index contributed by atoms with van der Waals surface area (Å²) in [6.45, 7) is -0.420. The molecule has 4 rings (SSSR count). The summed E-state index contributed by atoms with van der Waals surface area (Å²) in [7, 11) is 0. The number of fused-ring (bicyclic) bond motifs is 1. The fourth-order valence-corrected chi connectivity index (χ4v) is 2.83. The van der Waals surface area contributed by atoms with Crippen LogP contribution in [0.5, 0.6) is 0 Å². The van der Waals surface area contributed by atoms with Crippen LogP contribution < -0.4 is 11.2 Å². The summed E-state index contributed by atoms with van der Waals surface area (Å²) >= 11 is 0. The topological polar surface area (TPSA) is 82.2 Å². The molecule has 6 nitrogen and oxygen atoms in total. The molecule has 4 aromatic rings. The van der Waals surface area contributed by atoms with E-state index in [0.717, 1.165) is 16.3 Å². The molecule has 7 heteroatoms. The summed E-state index contributed by atoms with van der Waals surface area (Å²) in [5, 5.41) is 4.62.